The fraction of sp³-hybridized carbons (Fsp3) is 0.474. The predicted octanol–water partition coefficient (Wildman–Crippen LogP) is 1.47. The van der Waals surface area contributed by atoms with Crippen LogP contribution in [0.1, 0.15) is 16.3 Å². The number of nitrogens with one attached hydrogen (secondary N) is 1. The molecular weight excluding hydrogens is 348 g/mol. The molecule has 1 aliphatic rings. The molecule has 146 valence electrons. The van der Waals surface area contributed by atoms with E-state index in [1.807, 2.05) is 17.0 Å². The summed E-state index contributed by atoms with van der Waals surface area (Å²) in [4.78, 5) is 21.0. The summed E-state index contributed by atoms with van der Waals surface area (Å²) in [6.45, 7) is 4.57. The summed E-state index contributed by atoms with van der Waals surface area (Å²) in [7, 11) is 1.67. The van der Waals surface area contributed by atoms with Gasteiger partial charge in [0.05, 0.1) is 25.7 Å². The van der Waals surface area contributed by atoms with Gasteiger partial charge in [0, 0.05) is 46.3 Å². The maximum absolute atomic E-state index is 12.4. The molecule has 2 aromatic rings. The number of carbonyl (C=O) groups excluding carboxylic acids is 1. The minimum atomic E-state index is -0.0664. The second-order valence-electron chi connectivity index (χ2n) is 6.21. The zero-order valence-corrected chi connectivity index (χ0v) is 15.6. The van der Waals surface area contributed by atoms with Crippen LogP contribution in [-0.4, -0.2) is 74.7 Å². The van der Waals surface area contributed by atoms with E-state index in [2.05, 4.69) is 15.2 Å². The number of furan rings is 2. The van der Waals surface area contributed by atoms with Crippen molar-refractivity contribution in [3.63, 3.8) is 0 Å². The third kappa shape index (κ3) is 5.37. The Hall–Kier alpha value is -2.74. The van der Waals surface area contributed by atoms with E-state index >= 15 is 0 Å². The molecule has 0 aliphatic carbocycles. The molecule has 3 heterocycles. The highest BCUT2D eigenvalue weighted by Gasteiger charge is 2.25. The topological polar surface area (TPSA) is 83.5 Å². The summed E-state index contributed by atoms with van der Waals surface area (Å²) in [5, 5.41) is 3.40. The molecule has 1 fully saturated rings. The van der Waals surface area contributed by atoms with Crippen molar-refractivity contribution in [1.82, 2.24) is 15.1 Å². The van der Waals surface area contributed by atoms with Gasteiger partial charge < -0.3 is 28.7 Å². The van der Waals surface area contributed by atoms with Gasteiger partial charge in [-0.1, -0.05) is 0 Å². The first-order valence-corrected chi connectivity index (χ1v) is 9.15. The number of hydrogen-bond donors (Lipinski definition) is 1. The third-order valence-corrected chi connectivity index (χ3v) is 4.39. The SMILES string of the molecule is COCCN=C(NCCc1ccco1)N1CCN(C(=O)c2ccco2)CC1. The highest BCUT2D eigenvalue weighted by Crippen LogP contribution is 2.10. The van der Waals surface area contributed by atoms with Gasteiger partial charge in [0.1, 0.15) is 5.76 Å². The van der Waals surface area contributed by atoms with Crippen LogP contribution in [0, 0.1) is 0 Å². The van der Waals surface area contributed by atoms with Crippen LogP contribution in [0.5, 0.6) is 0 Å². The molecule has 0 bridgehead atoms. The summed E-state index contributed by atoms with van der Waals surface area (Å²) >= 11 is 0. The Bertz CT molecular complexity index is 704. The molecule has 0 unspecified atom stereocenters. The van der Waals surface area contributed by atoms with Gasteiger partial charge >= 0.3 is 0 Å². The van der Waals surface area contributed by atoms with E-state index in [0.29, 0.717) is 45.1 Å². The molecule has 8 nitrogen and oxygen atoms in total. The summed E-state index contributed by atoms with van der Waals surface area (Å²) in [6, 6.07) is 7.27. The standard InChI is InChI=1S/C19H26N4O4/c1-25-15-8-21-19(20-7-6-16-4-2-13-26-16)23-11-9-22(10-12-23)18(24)17-5-3-14-27-17/h2-5,13-14H,6-12,15H2,1H3,(H,20,21). The van der Waals surface area contributed by atoms with Crippen molar-refractivity contribution < 1.29 is 18.4 Å². The van der Waals surface area contributed by atoms with E-state index in [-0.39, 0.29) is 5.91 Å². The Balaban J connectivity index is 1.53. The first-order chi connectivity index (χ1) is 13.3. The number of aliphatic imine (C=N–C) groups is 1. The van der Waals surface area contributed by atoms with Crippen molar-refractivity contribution >= 4 is 11.9 Å². The number of ether oxygens (including phenoxy) is 1. The molecule has 0 aromatic carbocycles. The zero-order chi connectivity index (χ0) is 18.9. The summed E-state index contributed by atoms with van der Waals surface area (Å²) < 4.78 is 15.7. The largest absolute Gasteiger partial charge is 0.469 e. The van der Waals surface area contributed by atoms with Gasteiger partial charge in [0.25, 0.3) is 5.91 Å². The first kappa shape index (κ1) is 19.0. The quantitative estimate of drug-likeness (QED) is 0.449. The van der Waals surface area contributed by atoms with Gasteiger partial charge in [-0.25, -0.2) is 0 Å². The molecule has 1 N–H and O–H groups in total. The van der Waals surface area contributed by atoms with E-state index in [1.165, 1.54) is 6.26 Å². The van der Waals surface area contributed by atoms with Crippen molar-refractivity contribution in [2.45, 2.75) is 6.42 Å². The van der Waals surface area contributed by atoms with Crippen molar-refractivity contribution in [2.75, 3.05) is 53.0 Å². The van der Waals surface area contributed by atoms with Gasteiger partial charge in [0.2, 0.25) is 0 Å². The molecule has 1 aliphatic heterocycles. The smallest absolute Gasteiger partial charge is 0.289 e. The fourth-order valence-electron chi connectivity index (χ4n) is 2.94. The van der Waals surface area contributed by atoms with Gasteiger partial charge in [-0.05, 0) is 24.3 Å². The lowest BCUT2D eigenvalue weighted by Crippen LogP contribution is -2.54. The molecule has 0 atom stereocenters. The predicted molar refractivity (Wildman–Crippen MR) is 101 cm³/mol. The maximum Gasteiger partial charge on any atom is 0.289 e. The lowest BCUT2D eigenvalue weighted by molar-refractivity contribution is 0.0657. The van der Waals surface area contributed by atoms with Gasteiger partial charge in [-0.15, -0.1) is 0 Å². The summed E-state index contributed by atoms with van der Waals surface area (Å²) in [5.41, 5.74) is 0. The lowest BCUT2D eigenvalue weighted by Gasteiger charge is -2.36. The number of carbonyl (C=O) groups is 1. The van der Waals surface area contributed by atoms with Crippen LogP contribution < -0.4 is 5.32 Å². The van der Waals surface area contributed by atoms with Gasteiger partial charge in [0.15, 0.2) is 11.7 Å². The molecule has 1 saturated heterocycles. The van der Waals surface area contributed by atoms with Crippen molar-refractivity contribution in [3.05, 3.63) is 48.3 Å². The molecule has 1 amide bonds. The highest BCUT2D eigenvalue weighted by atomic mass is 16.5. The van der Waals surface area contributed by atoms with E-state index in [0.717, 1.165) is 24.7 Å². The molecule has 3 rings (SSSR count). The first-order valence-electron chi connectivity index (χ1n) is 9.15. The monoisotopic (exact) mass is 374 g/mol. The Labute approximate surface area is 158 Å². The van der Waals surface area contributed by atoms with E-state index in [9.17, 15) is 4.79 Å². The van der Waals surface area contributed by atoms with E-state index in [4.69, 9.17) is 13.6 Å². The number of amides is 1. The average molecular weight is 374 g/mol. The normalized spacial score (nSPS) is 15.2. The summed E-state index contributed by atoms with van der Waals surface area (Å²) in [6.07, 6.45) is 3.98. The molecule has 2 aromatic heterocycles. The Morgan fingerprint density at radius 2 is 1.89 bits per heavy atom. The number of guanidine groups is 1. The molecule has 27 heavy (non-hydrogen) atoms. The third-order valence-electron chi connectivity index (χ3n) is 4.39. The highest BCUT2D eigenvalue weighted by molar-refractivity contribution is 5.91. The fourth-order valence-corrected chi connectivity index (χ4v) is 2.94. The Morgan fingerprint density at radius 3 is 2.56 bits per heavy atom. The number of piperazine rings is 1. The maximum atomic E-state index is 12.4. The average Bonchev–Trinajstić information content (AvgIpc) is 3.41. The number of methoxy groups -OCH3 is 1. The van der Waals surface area contributed by atoms with E-state index in [1.54, 1.807) is 25.5 Å². The zero-order valence-electron chi connectivity index (χ0n) is 15.6. The molecule has 8 heteroatoms. The van der Waals surface area contributed by atoms with Crippen LogP contribution in [0.3, 0.4) is 0 Å². The van der Waals surface area contributed by atoms with Gasteiger partial charge in [-0.2, -0.15) is 0 Å². The Morgan fingerprint density at radius 1 is 1.15 bits per heavy atom. The second-order valence-corrected chi connectivity index (χ2v) is 6.21. The van der Waals surface area contributed by atoms with Crippen molar-refractivity contribution in [3.8, 4) is 0 Å². The summed E-state index contributed by atoms with van der Waals surface area (Å²) in [5.74, 6) is 2.09. The van der Waals surface area contributed by atoms with Crippen LogP contribution >= 0.6 is 0 Å². The second kappa shape index (κ2) is 9.82. The Kier molecular flexibility index (Phi) is 6.92. The number of rotatable bonds is 7. The van der Waals surface area contributed by atoms with Crippen molar-refractivity contribution in [2.24, 2.45) is 4.99 Å². The molecule has 0 spiro atoms. The molecule has 0 radical (unpaired) electrons. The van der Waals surface area contributed by atoms with Gasteiger partial charge in [-0.3, -0.25) is 9.79 Å². The van der Waals surface area contributed by atoms with Crippen LogP contribution in [-0.2, 0) is 11.2 Å². The van der Waals surface area contributed by atoms with Crippen LogP contribution in [0.25, 0.3) is 0 Å². The molecule has 0 saturated carbocycles. The van der Waals surface area contributed by atoms with E-state index < -0.39 is 0 Å². The van der Waals surface area contributed by atoms with Crippen LogP contribution in [0.15, 0.2) is 50.6 Å². The minimum absolute atomic E-state index is 0.0664. The van der Waals surface area contributed by atoms with Crippen LogP contribution in [0.2, 0.25) is 0 Å². The molecular formula is C19H26N4O4. The lowest BCUT2D eigenvalue weighted by atomic mass is 10.3. The number of nitrogens with zero attached hydrogens (tertiary/aromatic N) is 3. The number of hydrogen-bond acceptors (Lipinski definition) is 5. The van der Waals surface area contributed by atoms with Crippen molar-refractivity contribution in [1.29, 1.82) is 0 Å². The van der Waals surface area contributed by atoms with Crippen LogP contribution in [0.4, 0.5) is 0 Å². The minimum Gasteiger partial charge on any atom is -0.469 e.